The Morgan fingerprint density at radius 1 is 1.50 bits per heavy atom. The minimum absolute atomic E-state index is 0.0780. The SMILES string of the molecule is CC(c1ccc(Cl)s1)N(CCC(=O)O)C(C)(C)C. The number of hydrogen-bond donors (Lipinski definition) is 1. The zero-order chi connectivity index (χ0) is 13.9. The van der Waals surface area contributed by atoms with Crippen LogP contribution in [0, 0.1) is 0 Å². The molecular weight excluding hydrogens is 270 g/mol. The number of carboxylic acid groups (broad SMARTS) is 1. The van der Waals surface area contributed by atoms with Gasteiger partial charge in [0.05, 0.1) is 10.8 Å². The van der Waals surface area contributed by atoms with Crippen LogP contribution in [0.5, 0.6) is 0 Å². The third-order valence-electron chi connectivity index (χ3n) is 2.90. The highest BCUT2D eigenvalue weighted by atomic mass is 35.5. The summed E-state index contributed by atoms with van der Waals surface area (Å²) in [5.41, 5.74) is -0.0780. The maximum absolute atomic E-state index is 10.7. The monoisotopic (exact) mass is 289 g/mol. The molecule has 0 fully saturated rings. The van der Waals surface area contributed by atoms with E-state index in [2.05, 4.69) is 32.6 Å². The van der Waals surface area contributed by atoms with Crippen molar-refractivity contribution in [2.45, 2.75) is 45.7 Å². The third kappa shape index (κ3) is 4.26. The quantitative estimate of drug-likeness (QED) is 0.889. The summed E-state index contributed by atoms with van der Waals surface area (Å²) in [4.78, 5) is 14.1. The molecule has 1 atom stereocenters. The summed E-state index contributed by atoms with van der Waals surface area (Å²) < 4.78 is 0.768. The summed E-state index contributed by atoms with van der Waals surface area (Å²) in [7, 11) is 0. The summed E-state index contributed by atoms with van der Waals surface area (Å²) in [6.45, 7) is 8.92. The van der Waals surface area contributed by atoms with E-state index >= 15 is 0 Å². The predicted molar refractivity (Wildman–Crippen MR) is 76.5 cm³/mol. The molecule has 0 radical (unpaired) electrons. The number of carbonyl (C=O) groups is 1. The van der Waals surface area contributed by atoms with Gasteiger partial charge in [0, 0.05) is 23.0 Å². The largest absolute Gasteiger partial charge is 0.481 e. The molecule has 0 aliphatic heterocycles. The number of halogens is 1. The summed E-state index contributed by atoms with van der Waals surface area (Å²) in [5.74, 6) is -0.763. The van der Waals surface area contributed by atoms with Crippen LogP contribution in [0.3, 0.4) is 0 Å². The highest BCUT2D eigenvalue weighted by Crippen LogP contribution is 2.33. The Kier molecular flexibility index (Phi) is 5.20. The van der Waals surface area contributed by atoms with Crippen molar-refractivity contribution in [1.29, 1.82) is 0 Å². The van der Waals surface area contributed by atoms with Crippen LogP contribution in [-0.2, 0) is 4.79 Å². The number of hydrogen-bond acceptors (Lipinski definition) is 3. The molecule has 0 amide bonds. The van der Waals surface area contributed by atoms with Crippen LogP contribution in [0.15, 0.2) is 12.1 Å². The van der Waals surface area contributed by atoms with E-state index in [9.17, 15) is 4.79 Å². The summed E-state index contributed by atoms with van der Waals surface area (Å²) in [6.07, 6.45) is 0.153. The second-order valence-corrected chi connectivity index (χ2v) is 7.07. The van der Waals surface area contributed by atoms with Crippen molar-refractivity contribution in [2.24, 2.45) is 0 Å². The van der Waals surface area contributed by atoms with Crippen LogP contribution in [-0.4, -0.2) is 28.1 Å². The molecule has 0 aliphatic rings. The zero-order valence-electron chi connectivity index (χ0n) is 11.2. The van der Waals surface area contributed by atoms with E-state index in [0.29, 0.717) is 6.54 Å². The van der Waals surface area contributed by atoms with Crippen molar-refractivity contribution in [1.82, 2.24) is 4.90 Å². The highest BCUT2D eigenvalue weighted by molar-refractivity contribution is 7.16. The molecule has 1 rings (SSSR count). The summed E-state index contributed by atoms with van der Waals surface area (Å²) in [6, 6.07) is 4.06. The topological polar surface area (TPSA) is 40.5 Å². The maximum atomic E-state index is 10.7. The Morgan fingerprint density at radius 3 is 2.50 bits per heavy atom. The fourth-order valence-electron chi connectivity index (χ4n) is 2.03. The van der Waals surface area contributed by atoms with Gasteiger partial charge in [-0.05, 0) is 39.8 Å². The molecule has 0 bridgehead atoms. The first-order chi connectivity index (χ1) is 8.21. The molecule has 1 unspecified atom stereocenters. The number of carboxylic acids is 1. The van der Waals surface area contributed by atoms with E-state index in [0.717, 1.165) is 4.34 Å². The molecule has 3 nitrogen and oxygen atoms in total. The Hall–Kier alpha value is -0.580. The summed E-state index contributed by atoms with van der Waals surface area (Å²) in [5, 5.41) is 8.84. The minimum atomic E-state index is -0.763. The molecule has 1 aromatic heterocycles. The van der Waals surface area contributed by atoms with Gasteiger partial charge in [-0.3, -0.25) is 9.69 Å². The smallest absolute Gasteiger partial charge is 0.304 e. The molecule has 102 valence electrons. The second kappa shape index (κ2) is 6.04. The fraction of sp³-hybridized carbons (Fsp3) is 0.615. The van der Waals surface area contributed by atoms with Crippen LogP contribution in [0.25, 0.3) is 0 Å². The first-order valence-corrected chi connectivity index (χ1v) is 7.15. The van der Waals surface area contributed by atoms with Gasteiger partial charge in [0.2, 0.25) is 0 Å². The fourth-order valence-corrected chi connectivity index (χ4v) is 3.16. The van der Waals surface area contributed by atoms with Crippen molar-refractivity contribution < 1.29 is 9.90 Å². The number of nitrogens with zero attached hydrogens (tertiary/aromatic N) is 1. The molecule has 0 aromatic carbocycles. The molecular formula is C13H20ClNO2S. The molecule has 0 saturated carbocycles. The Labute approximate surface area is 117 Å². The van der Waals surface area contributed by atoms with Gasteiger partial charge < -0.3 is 5.11 Å². The second-order valence-electron chi connectivity index (χ2n) is 5.33. The van der Waals surface area contributed by atoms with E-state index < -0.39 is 5.97 Å². The third-order valence-corrected chi connectivity index (χ3v) is 4.30. The van der Waals surface area contributed by atoms with Crippen molar-refractivity contribution >= 4 is 28.9 Å². The molecule has 0 spiro atoms. The average Bonchev–Trinajstić information content (AvgIpc) is 2.62. The summed E-state index contributed by atoms with van der Waals surface area (Å²) >= 11 is 7.51. The maximum Gasteiger partial charge on any atom is 0.304 e. The number of aliphatic carboxylic acids is 1. The van der Waals surface area contributed by atoms with Gasteiger partial charge in [-0.2, -0.15) is 0 Å². The van der Waals surface area contributed by atoms with Crippen molar-refractivity contribution in [2.75, 3.05) is 6.54 Å². The van der Waals surface area contributed by atoms with E-state index in [1.807, 2.05) is 12.1 Å². The van der Waals surface area contributed by atoms with Crippen molar-refractivity contribution in [3.05, 3.63) is 21.3 Å². The molecule has 0 saturated heterocycles. The van der Waals surface area contributed by atoms with Gasteiger partial charge in [-0.15, -0.1) is 11.3 Å². The van der Waals surface area contributed by atoms with Crippen LogP contribution < -0.4 is 0 Å². The zero-order valence-corrected chi connectivity index (χ0v) is 12.8. The Balaban J connectivity index is 2.85. The number of rotatable bonds is 5. The van der Waals surface area contributed by atoms with E-state index in [4.69, 9.17) is 16.7 Å². The molecule has 18 heavy (non-hydrogen) atoms. The first-order valence-electron chi connectivity index (χ1n) is 5.95. The van der Waals surface area contributed by atoms with Crippen LogP contribution >= 0.6 is 22.9 Å². The lowest BCUT2D eigenvalue weighted by molar-refractivity contribution is -0.137. The first kappa shape index (κ1) is 15.5. The molecule has 1 N–H and O–H groups in total. The average molecular weight is 290 g/mol. The lowest BCUT2D eigenvalue weighted by Crippen LogP contribution is -2.43. The van der Waals surface area contributed by atoms with Gasteiger partial charge in [-0.25, -0.2) is 0 Å². The number of thiophene rings is 1. The van der Waals surface area contributed by atoms with Gasteiger partial charge in [0.25, 0.3) is 0 Å². The predicted octanol–water partition coefficient (Wildman–Crippen LogP) is 4.04. The van der Waals surface area contributed by atoms with Crippen LogP contribution in [0.2, 0.25) is 4.34 Å². The Bertz CT molecular complexity index is 411. The minimum Gasteiger partial charge on any atom is -0.481 e. The van der Waals surface area contributed by atoms with E-state index in [1.54, 1.807) is 11.3 Å². The molecule has 1 heterocycles. The van der Waals surface area contributed by atoms with Gasteiger partial charge in [0.1, 0.15) is 0 Å². The van der Waals surface area contributed by atoms with E-state index in [-0.39, 0.29) is 18.0 Å². The molecule has 0 aliphatic carbocycles. The lowest BCUT2D eigenvalue weighted by Gasteiger charge is -2.39. The van der Waals surface area contributed by atoms with Crippen LogP contribution in [0.1, 0.15) is 45.0 Å². The Morgan fingerprint density at radius 2 is 2.11 bits per heavy atom. The van der Waals surface area contributed by atoms with Gasteiger partial charge >= 0.3 is 5.97 Å². The van der Waals surface area contributed by atoms with E-state index in [1.165, 1.54) is 4.88 Å². The van der Waals surface area contributed by atoms with Gasteiger partial charge in [-0.1, -0.05) is 11.6 Å². The van der Waals surface area contributed by atoms with Gasteiger partial charge in [0.15, 0.2) is 0 Å². The lowest BCUT2D eigenvalue weighted by atomic mass is 10.0. The normalized spacial score (nSPS) is 13.9. The molecule has 1 aromatic rings. The highest BCUT2D eigenvalue weighted by Gasteiger charge is 2.28. The van der Waals surface area contributed by atoms with Crippen molar-refractivity contribution in [3.8, 4) is 0 Å². The van der Waals surface area contributed by atoms with Crippen LogP contribution in [0.4, 0.5) is 0 Å². The molecule has 5 heteroatoms. The van der Waals surface area contributed by atoms with Crippen molar-refractivity contribution in [3.63, 3.8) is 0 Å². The standard InChI is InChI=1S/C13H20ClNO2S/c1-9(10-5-6-11(14)18-10)15(13(2,3)4)8-7-12(16)17/h5-6,9H,7-8H2,1-4H3,(H,16,17).